The molecular formula is C31H30O2. The van der Waals surface area contributed by atoms with Crippen LogP contribution in [0.5, 0.6) is 5.75 Å². The summed E-state index contributed by atoms with van der Waals surface area (Å²) in [5, 5.41) is 13.3. The average Bonchev–Trinajstić information content (AvgIpc) is 2.75. The number of fused-ring (bicyclic) bond motifs is 2. The van der Waals surface area contributed by atoms with Crippen LogP contribution in [0.1, 0.15) is 68.6 Å². The quantitative estimate of drug-likeness (QED) is 0.290. The van der Waals surface area contributed by atoms with Gasteiger partial charge in [-0.1, -0.05) is 96.1 Å². The van der Waals surface area contributed by atoms with E-state index in [0.717, 1.165) is 55.3 Å². The van der Waals surface area contributed by atoms with E-state index < -0.39 is 0 Å². The minimum absolute atomic E-state index is 0.0626. The Labute approximate surface area is 195 Å². The summed E-state index contributed by atoms with van der Waals surface area (Å²) in [4.78, 5) is 13.9. The SMILES string of the molecule is CC(C)(C)c1cc(-c2ccc3cccc4c3c2C(=O)c2ccccc2-4)cc(C(C)(C)C)c1O. The van der Waals surface area contributed by atoms with Gasteiger partial charge < -0.3 is 5.11 Å². The second-order valence-corrected chi connectivity index (χ2v) is 11.2. The van der Waals surface area contributed by atoms with Crippen molar-refractivity contribution in [2.75, 3.05) is 0 Å². The van der Waals surface area contributed by atoms with Crippen LogP contribution in [0, 0.1) is 0 Å². The van der Waals surface area contributed by atoms with Crippen molar-refractivity contribution in [3.8, 4) is 28.0 Å². The van der Waals surface area contributed by atoms with Gasteiger partial charge in [0.05, 0.1) is 0 Å². The third-order valence-electron chi connectivity index (χ3n) is 6.77. The van der Waals surface area contributed by atoms with E-state index in [4.69, 9.17) is 0 Å². The monoisotopic (exact) mass is 434 g/mol. The first-order chi connectivity index (χ1) is 15.5. The number of carbonyl (C=O) groups is 1. The fourth-order valence-corrected chi connectivity index (χ4v) is 5.06. The van der Waals surface area contributed by atoms with Gasteiger partial charge in [0, 0.05) is 27.6 Å². The number of ketones is 1. The molecule has 166 valence electrons. The number of hydrogen-bond acceptors (Lipinski definition) is 2. The summed E-state index contributed by atoms with van der Waals surface area (Å²) in [6, 6.07) is 22.4. The maximum atomic E-state index is 13.9. The van der Waals surface area contributed by atoms with Crippen LogP contribution < -0.4 is 0 Å². The molecule has 1 aliphatic rings. The van der Waals surface area contributed by atoms with Crippen molar-refractivity contribution in [1.29, 1.82) is 0 Å². The van der Waals surface area contributed by atoms with Crippen molar-refractivity contribution in [2.24, 2.45) is 0 Å². The molecule has 33 heavy (non-hydrogen) atoms. The van der Waals surface area contributed by atoms with E-state index in [1.807, 2.05) is 24.3 Å². The maximum absolute atomic E-state index is 13.9. The number of aromatic hydroxyl groups is 1. The van der Waals surface area contributed by atoms with Crippen LogP contribution in [0.3, 0.4) is 0 Å². The highest BCUT2D eigenvalue weighted by atomic mass is 16.3. The second kappa shape index (κ2) is 7.05. The molecule has 4 aromatic carbocycles. The fraction of sp³-hybridized carbons (Fsp3) is 0.258. The summed E-state index contributed by atoms with van der Waals surface area (Å²) in [5.74, 6) is 0.415. The van der Waals surface area contributed by atoms with E-state index in [9.17, 15) is 9.90 Å². The Morgan fingerprint density at radius 1 is 0.636 bits per heavy atom. The third kappa shape index (κ3) is 3.28. The third-order valence-corrected chi connectivity index (χ3v) is 6.77. The maximum Gasteiger partial charge on any atom is 0.194 e. The summed E-state index contributed by atoms with van der Waals surface area (Å²) in [7, 11) is 0. The van der Waals surface area contributed by atoms with E-state index >= 15 is 0 Å². The zero-order valence-electron chi connectivity index (χ0n) is 20.2. The lowest BCUT2D eigenvalue weighted by Gasteiger charge is -2.29. The second-order valence-electron chi connectivity index (χ2n) is 11.2. The largest absolute Gasteiger partial charge is 0.507 e. The number of carbonyl (C=O) groups excluding carboxylic acids is 1. The molecule has 0 heterocycles. The van der Waals surface area contributed by atoms with E-state index in [1.54, 1.807) is 0 Å². The van der Waals surface area contributed by atoms with Gasteiger partial charge in [0.15, 0.2) is 5.78 Å². The molecule has 5 rings (SSSR count). The van der Waals surface area contributed by atoms with E-state index in [0.29, 0.717) is 5.75 Å². The first-order valence-corrected chi connectivity index (χ1v) is 11.6. The van der Waals surface area contributed by atoms with Crippen molar-refractivity contribution < 1.29 is 9.90 Å². The Bertz CT molecular complexity index is 1410. The molecular weight excluding hydrogens is 404 g/mol. The van der Waals surface area contributed by atoms with Gasteiger partial charge in [-0.05, 0) is 50.6 Å². The molecule has 0 unspecified atom stereocenters. The van der Waals surface area contributed by atoms with Crippen LogP contribution in [0.4, 0.5) is 0 Å². The number of phenols is 1. The summed E-state index contributed by atoms with van der Waals surface area (Å²) in [5.41, 5.74) is 6.81. The molecule has 0 fully saturated rings. The van der Waals surface area contributed by atoms with E-state index in [-0.39, 0.29) is 16.6 Å². The highest BCUT2D eigenvalue weighted by Crippen LogP contribution is 2.46. The van der Waals surface area contributed by atoms with Gasteiger partial charge in [0.1, 0.15) is 5.75 Å². The van der Waals surface area contributed by atoms with Gasteiger partial charge in [-0.2, -0.15) is 0 Å². The number of hydrogen-bond donors (Lipinski definition) is 1. The Balaban J connectivity index is 1.90. The number of rotatable bonds is 1. The zero-order chi connectivity index (χ0) is 23.7. The molecule has 0 aromatic heterocycles. The molecule has 0 amide bonds. The highest BCUT2D eigenvalue weighted by molar-refractivity contribution is 6.28. The van der Waals surface area contributed by atoms with Gasteiger partial charge in [-0.3, -0.25) is 4.79 Å². The number of phenolic OH excluding ortho intramolecular Hbond substituents is 1. The van der Waals surface area contributed by atoms with Crippen LogP contribution in [0.2, 0.25) is 0 Å². The first kappa shape index (κ1) is 21.5. The van der Waals surface area contributed by atoms with Crippen molar-refractivity contribution >= 4 is 16.6 Å². The summed E-state index contributed by atoms with van der Waals surface area (Å²) < 4.78 is 0. The van der Waals surface area contributed by atoms with Gasteiger partial charge in [-0.15, -0.1) is 0 Å². The Morgan fingerprint density at radius 3 is 1.82 bits per heavy atom. The summed E-state index contributed by atoms with van der Waals surface area (Å²) in [6.07, 6.45) is 0. The van der Waals surface area contributed by atoms with Gasteiger partial charge in [0.25, 0.3) is 0 Å². The number of benzene rings is 4. The molecule has 0 saturated heterocycles. The lowest BCUT2D eigenvalue weighted by atomic mass is 9.75. The molecule has 0 aliphatic heterocycles. The minimum atomic E-state index is -0.240. The molecule has 0 atom stereocenters. The molecule has 2 nitrogen and oxygen atoms in total. The average molecular weight is 435 g/mol. The van der Waals surface area contributed by atoms with Crippen LogP contribution in [0.25, 0.3) is 33.0 Å². The minimum Gasteiger partial charge on any atom is -0.507 e. The van der Waals surface area contributed by atoms with Gasteiger partial charge in [0.2, 0.25) is 0 Å². The zero-order valence-corrected chi connectivity index (χ0v) is 20.2. The highest BCUT2D eigenvalue weighted by Gasteiger charge is 2.30. The normalized spacial score (nSPS) is 13.3. The first-order valence-electron chi connectivity index (χ1n) is 11.6. The van der Waals surface area contributed by atoms with Crippen molar-refractivity contribution in [1.82, 2.24) is 0 Å². The molecule has 0 radical (unpaired) electrons. The van der Waals surface area contributed by atoms with Gasteiger partial charge >= 0.3 is 0 Å². The predicted octanol–water partition coefficient (Wildman–Crippen LogP) is 8.02. The Kier molecular flexibility index (Phi) is 4.59. The Hall–Kier alpha value is -3.39. The molecule has 0 bridgehead atoms. The van der Waals surface area contributed by atoms with Crippen molar-refractivity contribution in [3.05, 3.63) is 89.0 Å². The van der Waals surface area contributed by atoms with Gasteiger partial charge in [-0.25, -0.2) is 0 Å². The van der Waals surface area contributed by atoms with Crippen LogP contribution >= 0.6 is 0 Å². The van der Waals surface area contributed by atoms with Crippen molar-refractivity contribution in [3.63, 3.8) is 0 Å². The molecule has 2 heteroatoms. The summed E-state index contributed by atoms with van der Waals surface area (Å²) >= 11 is 0. The van der Waals surface area contributed by atoms with E-state index in [1.165, 1.54) is 0 Å². The van der Waals surface area contributed by atoms with Crippen LogP contribution in [-0.4, -0.2) is 10.9 Å². The van der Waals surface area contributed by atoms with Crippen LogP contribution in [0.15, 0.2) is 66.7 Å². The molecule has 4 aromatic rings. The summed E-state index contributed by atoms with van der Waals surface area (Å²) in [6.45, 7) is 12.7. The predicted molar refractivity (Wildman–Crippen MR) is 137 cm³/mol. The molecule has 1 N–H and O–H groups in total. The molecule has 0 spiro atoms. The van der Waals surface area contributed by atoms with E-state index in [2.05, 4.69) is 84.0 Å². The van der Waals surface area contributed by atoms with Crippen LogP contribution in [-0.2, 0) is 10.8 Å². The smallest absolute Gasteiger partial charge is 0.194 e. The Morgan fingerprint density at radius 2 is 1.21 bits per heavy atom. The topological polar surface area (TPSA) is 37.3 Å². The molecule has 1 aliphatic carbocycles. The fourth-order valence-electron chi connectivity index (χ4n) is 5.06. The van der Waals surface area contributed by atoms with Crippen molar-refractivity contribution in [2.45, 2.75) is 52.4 Å². The standard InChI is InChI=1S/C31H30O2/c1-30(2,3)24-16-19(17-25(29(24)33)31(4,5)6)20-15-14-18-10-9-13-22-21-11-7-8-12-23(21)28(32)27(20)26(18)22/h7-17,33H,1-6H3. The lowest BCUT2D eigenvalue weighted by Crippen LogP contribution is -2.18. The lowest BCUT2D eigenvalue weighted by molar-refractivity contribution is 0.104. The molecule has 0 saturated carbocycles.